The number of rotatable bonds is 2. The number of benzene rings is 1. The predicted octanol–water partition coefficient (Wildman–Crippen LogP) is 4.80. The molecule has 0 spiro atoms. The second-order valence-corrected chi connectivity index (χ2v) is 8.67. The van der Waals surface area contributed by atoms with Gasteiger partial charge < -0.3 is 4.90 Å². The summed E-state index contributed by atoms with van der Waals surface area (Å²) in [5.41, 5.74) is 5.35. The van der Waals surface area contributed by atoms with E-state index in [0.717, 1.165) is 48.0 Å². The normalized spacial score (nSPS) is 15.6. The summed E-state index contributed by atoms with van der Waals surface area (Å²) < 4.78 is 0. The predicted molar refractivity (Wildman–Crippen MR) is 114 cm³/mol. The van der Waals surface area contributed by atoms with Gasteiger partial charge in [-0.1, -0.05) is 24.3 Å². The van der Waals surface area contributed by atoms with E-state index in [1.165, 1.54) is 39.8 Å². The number of nitrogens with zero attached hydrogens (tertiary/aromatic N) is 4. The highest BCUT2D eigenvalue weighted by Crippen LogP contribution is 2.42. The Hall–Kier alpha value is -2.79. The molecule has 0 fully saturated rings. The topological polar surface area (TPSA) is 41.9 Å². The van der Waals surface area contributed by atoms with E-state index >= 15 is 0 Å². The van der Waals surface area contributed by atoms with E-state index in [-0.39, 0.29) is 0 Å². The lowest BCUT2D eigenvalue weighted by Crippen LogP contribution is -2.31. The zero-order chi connectivity index (χ0) is 18.5. The van der Waals surface area contributed by atoms with Crippen LogP contribution in [0.5, 0.6) is 0 Å². The quantitative estimate of drug-likeness (QED) is 0.498. The molecule has 0 saturated heterocycles. The molecule has 0 unspecified atom stereocenters. The van der Waals surface area contributed by atoms with Crippen molar-refractivity contribution in [2.24, 2.45) is 0 Å². The molecule has 0 bridgehead atoms. The minimum absolute atomic E-state index is 0.786. The Bertz CT molecular complexity index is 1180. The molecule has 1 aliphatic carbocycles. The van der Waals surface area contributed by atoms with Crippen molar-refractivity contribution in [2.45, 2.75) is 32.2 Å². The number of hydrogen-bond donors (Lipinski definition) is 0. The Morgan fingerprint density at radius 3 is 2.75 bits per heavy atom. The molecule has 138 valence electrons. The van der Waals surface area contributed by atoms with Crippen molar-refractivity contribution in [1.82, 2.24) is 15.0 Å². The zero-order valence-corrected chi connectivity index (χ0v) is 16.4. The van der Waals surface area contributed by atoms with Crippen molar-refractivity contribution in [1.29, 1.82) is 0 Å². The molecule has 1 aromatic carbocycles. The van der Waals surface area contributed by atoms with Gasteiger partial charge in [0.25, 0.3) is 0 Å². The first kappa shape index (κ1) is 16.2. The maximum atomic E-state index is 5.10. The van der Waals surface area contributed by atoms with Crippen molar-refractivity contribution in [3.05, 3.63) is 70.4 Å². The number of pyridine rings is 1. The van der Waals surface area contributed by atoms with Crippen LogP contribution in [0, 0.1) is 0 Å². The van der Waals surface area contributed by atoms with E-state index in [1.54, 1.807) is 6.20 Å². The van der Waals surface area contributed by atoms with Gasteiger partial charge in [-0.2, -0.15) is 0 Å². The van der Waals surface area contributed by atoms with Crippen LogP contribution in [0.25, 0.3) is 21.6 Å². The van der Waals surface area contributed by atoms with Crippen LogP contribution in [-0.2, 0) is 25.8 Å². The van der Waals surface area contributed by atoms with Gasteiger partial charge in [0, 0.05) is 35.9 Å². The number of thiophene rings is 1. The average Bonchev–Trinajstić information content (AvgIpc) is 3.34. The molecule has 3 aromatic heterocycles. The van der Waals surface area contributed by atoms with E-state index in [4.69, 9.17) is 9.97 Å². The first-order valence-corrected chi connectivity index (χ1v) is 10.7. The molecule has 0 N–H and O–H groups in total. The molecule has 1 aliphatic heterocycles. The summed E-state index contributed by atoms with van der Waals surface area (Å²) in [6.45, 7) is 1.92. The standard InChI is InChI=1S/C23H20N4S/c1-2-6-17-14-27(12-10-15(17)5-1)22-20-18-8-3-9-19(18)28-23(20)26-21(25-22)16-7-4-11-24-13-16/h1-2,4-7,11,13H,3,8-10,12,14H2. The van der Waals surface area contributed by atoms with Crippen LogP contribution in [0.2, 0.25) is 0 Å². The van der Waals surface area contributed by atoms with Gasteiger partial charge in [-0.3, -0.25) is 4.98 Å². The van der Waals surface area contributed by atoms with Crippen molar-refractivity contribution in [2.75, 3.05) is 11.4 Å². The summed E-state index contributed by atoms with van der Waals surface area (Å²) in [5.74, 6) is 1.90. The van der Waals surface area contributed by atoms with Gasteiger partial charge >= 0.3 is 0 Å². The molecular formula is C23H20N4S. The number of aromatic nitrogens is 3. The minimum Gasteiger partial charge on any atom is -0.351 e. The van der Waals surface area contributed by atoms with E-state index in [2.05, 4.69) is 34.1 Å². The van der Waals surface area contributed by atoms with E-state index in [0.29, 0.717) is 0 Å². The fourth-order valence-electron chi connectivity index (χ4n) is 4.51. The summed E-state index contributed by atoms with van der Waals surface area (Å²) in [7, 11) is 0. The molecule has 0 amide bonds. The maximum absolute atomic E-state index is 5.10. The molecule has 0 radical (unpaired) electrons. The molecule has 5 heteroatoms. The molecule has 0 atom stereocenters. The van der Waals surface area contributed by atoms with Crippen molar-refractivity contribution < 1.29 is 0 Å². The third-order valence-electron chi connectivity index (χ3n) is 5.90. The SMILES string of the molecule is c1cncc(-c2nc(N3CCc4ccccc4C3)c3c4c(sc3n2)CCC4)c1. The summed E-state index contributed by atoms with van der Waals surface area (Å²) >= 11 is 1.86. The Morgan fingerprint density at radius 2 is 1.86 bits per heavy atom. The number of anilines is 1. The van der Waals surface area contributed by atoms with E-state index in [9.17, 15) is 0 Å². The van der Waals surface area contributed by atoms with Crippen LogP contribution in [-0.4, -0.2) is 21.5 Å². The lowest BCUT2D eigenvalue weighted by Gasteiger charge is -2.30. The van der Waals surface area contributed by atoms with Crippen molar-refractivity contribution in [3.63, 3.8) is 0 Å². The second kappa shape index (κ2) is 6.38. The largest absolute Gasteiger partial charge is 0.351 e. The molecule has 28 heavy (non-hydrogen) atoms. The van der Waals surface area contributed by atoms with E-state index in [1.807, 2.05) is 29.7 Å². The van der Waals surface area contributed by atoms with Crippen LogP contribution in [0.4, 0.5) is 5.82 Å². The fraction of sp³-hybridized carbons (Fsp3) is 0.261. The summed E-state index contributed by atoms with van der Waals surface area (Å²) in [6, 6.07) is 12.8. The molecule has 4 heterocycles. The third kappa shape index (κ3) is 2.53. The van der Waals surface area contributed by atoms with Crippen molar-refractivity contribution in [3.8, 4) is 11.4 Å². The van der Waals surface area contributed by atoms with Gasteiger partial charge in [0.2, 0.25) is 0 Å². The van der Waals surface area contributed by atoms with Crippen LogP contribution < -0.4 is 4.90 Å². The highest BCUT2D eigenvalue weighted by atomic mass is 32.1. The molecule has 2 aliphatic rings. The zero-order valence-electron chi connectivity index (χ0n) is 15.6. The van der Waals surface area contributed by atoms with Crippen LogP contribution in [0.1, 0.15) is 28.0 Å². The van der Waals surface area contributed by atoms with Gasteiger partial charge in [0.15, 0.2) is 5.82 Å². The molecule has 6 rings (SSSR count). The second-order valence-electron chi connectivity index (χ2n) is 7.59. The number of fused-ring (bicyclic) bond motifs is 4. The Kier molecular flexibility index (Phi) is 3.69. The monoisotopic (exact) mass is 384 g/mol. The summed E-state index contributed by atoms with van der Waals surface area (Å²) in [6.07, 6.45) is 8.31. The molecular weight excluding hydrogens is 364 g/mol. The van der Waals surface area contributed by atoms with Crippen molar-refractivity contribution >= 4 is 27.4 Å². The Balaban J connectivity index is 1.54. The summed E-state index contributed by atoms with van der Waals surface area (Å²) in [5, 5.41) is 1.30. The Morgan fingerprint density at radius 1 is 0.929 bits per heavy atom. The lowest BCUT2D eigenvalue weighted by atomic mass is 9.99. The maximum Gasteiger partial charge on any atom is 0.164 e. The van der Waals surface area contributed by atoms with Gasteiger partial charge in [-0.05, 0) is 54.5 Å². The third-order valence-corrected chi connectivity index (χ3v) is 7.08. The number of hydrogen-bond acceptors (Lipinski definition) is 5. The minimum atomic E-state index is 0.786. The van der Waals surface area contributed by atoms with Crippen LogP contribution in [0.15, 0.2) is 48.8 Å². The number of aryl methyl sites for hydroxylation is 2. The van der Waals surface area contributed by atoms with Gasteiger partial charge in [0.1, 0.15) is 10.6 Å². The van der Waals surface area contributed by atoms with Crippen LogP contribution >= 0.6 is 11.3 Å². The summed E-state index contributed by atoms with van der Waals surface area (Å²) in [4.78, 5) is 19.4. The van der Waals surface area contributed by atoms with Gasteiger partial charge in [-0.15, -0.1) is 11.3 Å². The average molecular weight is 385 g/mol. The fourth-order valence-corrected chi connectivity index (χ4v) is 5.76. The van der Waals surface area contributed by atoms with E-state index < -0.39 is 0 Å². The first-order valence-electron chi connectivity index (χ1n) is 9.91. The highest BCUT2D eigenvalue weighted by Gasteiger charge is 2.26. The molecule has 4 nitrogen and oxygen atoms in total. The lowest BCUT2D eigenvalue weighted by molar-refractivity contribution is 0.723. The van der Waals surface area contributed by atoms with Gasteiger partial charge in [0.05, 0.1) is 5.39 Å². The first-order chi connectivity index (χ1) is 13.9. The highest BCUT2D eigenvalue weighted by molar-refractivity contribution is 7.19. The smallest absolute Gasteiger partial charge is 0.164 e. The molecule has 0 saturated carbocycles. The Labute approximate surface area is 167 Å². The van der Waals surface area contributed by atoms with Crippen LogP contribution in [0.3, 0.4) is 0 Å². The van der Waals surface area contributed by atoms with Gasteiger partial charge in [-0.25, -0.2) is 9.97 Å². The molecule has 4 aromatic rings.